The molecule has 5 heteroatoms. The Morgan fingerprint density at radius 1 is 1.35 bits per heavy atom. The quantitative estimate of drug-likeness (QED) is 0.737. The summed E-state index contributed by atoms with van der Waals surface area (Å²) in [5.74, 6) is 0.917. The van der Waals surface area contributed by atoms with Crippen molar-refractivity contribution >= 4 is 11.6 Å². The molecule has 0 spiro atoms. The van der Waals surface area contributed by atoms with Crippen LogP contribution < -0.4 is 0 Å². The number of hydrogen-bond donors (Lipinski definition) is 0. The van der Waals surface area contributed by atoms with E-state index in [4.69, 9.17) is 16.3 Å². The lowest BCUT2D eigenvalue weighted by Gasteiger charge is -2.34. The van der Waals surface area contributed by atoms with Crippen molar-refractivity contribution in [3.05, 3.63) is 53.1 Å². The molecule has 1 unspecified atom stereocenters. The number of ether oxygens (including phenoxy) is 1. The van der Waals surface area contributed by atoms with Crippen molar-refractivity contribution < 1.29 is 4.74 Å². The number of halogens is 1. The molecule has 1 aromatic heterocycles. The summed E-state index contributed by atoms with van der Waals surface area (Å²) in [7, 11) is 6.10. The molecule has 126 valence electrons. The second-order valence-corrected chi connectivity index (χ2v) is 6.54. The monoisotopic (exact) mass is 335 g/mol. The van der Waals surface area contributed by atoms with Gasteiger partial charge in [0.25, 0.3) is 0 Å². The van der Waals surface area contributed by atoms with Gasteiger partial charge in [0, 0.05) is 31.0 Å². The molecule has 0 aliphatic heterocycles. The molecule has 1 heterocycles. The number of imidazole rings is 1. The smallest absolute Gasteiger partial charge is 0.151 e. The normalized spacial score (nSPS) is 14.2. The van der Waals surface area contributed by atoms with Gasteiger partial charge in [0.1, 0.15) is 5.82 Å². The lowest BCUT2D eigenvalue weighted by molar-refractivity contribution is -0.0382. The molecule has 4 nitrogen and oxygen atoms in total. The summed E-state index contributed by atoms with van der Waals surface area (Å²) in [6, 6.07) is 7.92. The van der Waals surface area contributed by atoms with Crippen molar-refractivity contribution in [2.24, 2.45) is 7.05 Å². The highest BCUT2D eigenvalue weighted by molar-refractivity contribution is 6.30. The maximum absolute atomic E-state index is 6.46. The van der Waals surface area contributed by atoms with Gasteiger partial charge < -0.3 is 14.2 Å². The summed E-state index contributed by atoms with van der Waals surface area (Å²) in [6.45, 7) is 3.65. The fourth-order valence-corrected chi connectivity index (χ4v) is 3.04. The van der Waals surface area contributed by atoms with Gasteiger partial charge in [-0.25, -0.2) is 4.98 Å². The van der Waals surface area contributed by atoms with Crippen molar-refractivity contribution in [1.82, 2.24) is 14.5 Å². The van der Waals surface area contributed by atoms with Crippen LogP contribution in [0.15, 0.2) is 36.7 Å². The summed E-state index contributed by atoms with van der Waals surface area (Å²) in [4.78, 5) is 6.71. The van der Waals surface area contributed by atoms with Gasteiger partial charge in [-0.1, -0.05) is 37.1 Å². The number of likely N-dealkylation sites (N-methyl/N-ethyl adjacent to an activating group) is 1. The predicted octanol–water partition coefficient (Wildman–Crippen LogP) is 3.70. The van der Waals surface area contributed by atoms with Gasteiger partial charge in [0.15, 0.2) is 5.60 Å². The molecule has 0 aliphatic carbocycles. The average Bonchev–Trinajstić information content (AvgIpc) is 2.92. The van der Waals surface area contributed by atoms with Crippen molar-refractivity contribution in [3.63, 3.8) is 0 Å². The molecule has 2 aromatic rings. The summed E-state index contributed by atoms with van der Waals surface area (Å²) in [6.07, 6.45) is 5.62. The fraction of sp³-hybridized carbons (Fsp3) is 0.500. The van der Waals surface area contributed by atoms with Crippen LogP contribution in [0.25, 0.3) is 0 Å². The maximum Gasteiger partial charge on any atom is 0.151 e. The summed E-state index contributed by atoms with van der Waals surface area (Å²) in [5.41, 5.74) is 0.480. The molecule has 0 saturated heterocycles. The Hall–Kier alpha value is -1.36. The zero-order valence-corrected chi connectivity index (χ0v) is 15.2. The van der Waals surface area contributed by atoms with Gasteiger partial charge in [-0.05, 0) is 38.2 Å². The van der Waals surface area contributed by atoms with E-state index < -0.39 is 5.60 Å². The molecule has 0 amide bonds. The van der Waals surface area contributed by atoms with Crippen LogP contribution in [0.1, 0.15) is 31.2 Å². The van der Waals surface area contributed by atoms with Gasteiger partial charge >= 0.3 is 0 Å². The molecule has 0 fully saturated rings. The van der Waals surface area contributed by atoms with E-state index in [2.05, 4.69) is 22.9 Å². The summed E-state index contributed by atoms with van der Waals surface area (Å²) in [5, 5.41) is 0.716. The van der Waals surface area contributed by atoms with Crippen LogP contribution >= 0.6 is 11.6 Å². The lowest BCUT2D eigenvalue weighted by atomic mass is 9.87. The Bertz CT molecular complexity index is 626. The summed E-state index contributed by atoms with van der Waals surface area (Å²) >= 11 is 6.25. The van der Waals surface area contributed by atoms with E-state index >= 15 is 0 Å². The predicted molar refractivity (Wildman–Crippen MR) is 94.9 cm³/mol. The van der Waals surface area contributed by atoms with E-state index in [1.807, 2.05) is 56.3 Å². The molecule has 0 radical (unpaired) electrons. The molecule has 0 bridgehead atoms. The molecule has 0 aliphatic rings. The first-order valence-electron chi connectivity index (χ1n) is 8.02. The van der Waals surface area contributed by atoms with Crippen LogP contribution in [0.3, 0.4) is 0 Å². The molecule has 2 rings (SSSR count). The van der Waals surface area contributed by atoms with Gasteiger partial charge in [-0.2, -0.15) is 0 Å². The molecular weight excluding hydrogens is 310 g/mol. The highest BCUT2D eigenvalue weighted by Crippen LogP contribution is 2.38. The van der Waals surface area contributed by atoms with Crippen LogP contribution in [0, 0.1) is 0 Å². The molecule has 1 atom stereocenters. The number of hydrogen-bond acceptors (Lipinski definition) is 3. The van der Waals surface area contributed by atoms with E-state index in [0.29, 0.717) is 11.6 Å². The van der Waals surface area contributed by atoms with Crippen LogP contribution in [0.4, 0.5) is 0 Å². The lowest BCUT2D eigenvalue weighted by Crippen LogP contribution is -2.36. The van der Waals surface area contributed by atoms with E-state index in [9.17, 15) is 0 Å². The minimum atomic E-state index is -0.575. The Morgan fingerprint density at radius 3 is 2.70 bits per heavy atom. The first kappa shape index (κ1) is 18.0. The molecule has 0 saturated carbocycles. The zero-order valence-electron chi connectivity index (χ0n) is 14.4. The van der Waals surface area contributed by atoms with Crippen LogP contribution in [0.2, 0.25) is 5.02 Å². The minimum absolute atomic E-state index is 0.575. The molecule has 23 heavy (non-hydrogen) atoms. The summed E-state index contributed by atoms with van der Waals surface area (Å²) < 4.78 is 8.50. The molecule has 0 N–H and O–H groups in total. The SMILES string of the molecule is CCCC(OCCN(C)C)(c1cccc(Cl)c1)c1nccn1C. The Morgan fingerprint density at radius 2 is 2.13 bits per heavy atom. The van der Waals surface area contributed by atoms with E-state index in [-0.39, 0.29) is 0 Å². The van der Waals surface area contributed by atoms with Gasteiger partial charge in [-0.15, -0.1) is 0 Å². The van der Waals surface area contributed by atoms with Crippen LogP contribution in [-0.4, -0.2) is 41.7 Å². The fourth-order valence-electron chi connectivity index (χ4n) is 2.85. The second-order valence-electron chi connectivity index (χ2n) is 6.10. The third-order valence-corrected chi connectivity index (χ3v) is 4.20. The molecular formula is C18H26ClN3O. The topological polar surface area (TPSA) is 30.3 Å². The largest absolute Gasteiger partial charge is 0.361 e. The van der Waals surface area contributed by atoms with Gasteiger partial charge in [-0.3, -0.25) is 0 Å². The maximum atomic E-state index is 6.46. The Kier molecular flexibility index (Phi) is 6.22. The van der Waals surface area contributed by atoms with E-state index in [0.717, 1.165) is 30.8 Å². The third kappa shape index (κ3) is 4.14. The number of aromatic nitrogens is 2. The van der Waals surface area contributed by atoms with Gasteiger partial charge in [0.2, 0.25) is 0 Å². The number of aryl methyl sites for hydroxylation is 1. The average molecular weight is 336 g/mol. The van der Waals surface area contributed by atoms with Crippen molar-refractivity contribution in [2.75, 3.05) is 27.2 Å². The first-order chi connectivity index (χ1) is 11.0. The highest BCUT2D eigenvalue weighted by atomic mass is 35.5. The van der Waals surface area contributed by atoms with Crippen molar-refractivity contribution in [3.8, 4) is 0 Å². The van der Waals surface area contributed by atoms with E-state index in [1.54, 1.807) is 0 Å². The number of benzene rings is 1. The van der Waals surface area contributed by atoms with Crippen molar-refractivity contribution in [1.29, 1.82) is 0 Å². The van der Waals surface area contributed by atoms with Gasteiger partial charge in [0.05, 0.1) is 6.61 Å². The molecule has 1 aromatic carbocycles. The second kappa shape index (κ2) is 7.95. The number of nitrogens with zero attached hydrogens (tertiary/aromatic N) is 3. The zero-order chi connectivity index (χ0) is 16.9. The minimum Gasteiger partial charge on any atom is -0.361 e. The Balaban J connectivity index is 2.48. The third-order valence-electron chi connectivity index (χ3n) is 3.96. The van der Waals surface area contributed by atoms with E-state index in [1.165, 1.54) is 0 Å². The number of rotatable bonds is 8. The van der Waals surface area contributed by atoms with Crippen molar-refractivity contribution in [2.45, 2.75) is 25.4 Å². The standard InChI is InChI=1S/C18H26ClN3O/c1-5-9-18(23-13-12-21(2)3,17-20-10-11-22(17)4)15-7-6-8-16(19)14-15/h6-8,10-11,14H,5,9,12-13H2,1-4H3. The highest BCUT2D eigenvalue weighted by Gasteiger charge is 2.38. The Labute approximate surface area is 144 Å². The van der Waals surface area contributed by atoms with Crippen LogP contribution in [0.5, 0.6) is 0 Å². The first-order valence-corrected chi connectivity index (χ1v) is 8.40. The van der Waals surface area contributed by atoms with Crippen LogP contribution in [-0.2, 0) is 17.4 Å².